The lowest BCUT2D eigenvalue weighted by atomic mass is 10.00. The van der Waals surface area contributed by atoms with Crippen molar-refractivity contribution in [2.24, 2.45) is 5.73 Å². The highest BCUT2D eigenvalue weighted by atomic mass is 16.5. The van der Waals surface area contributed by atoms with Crippen molar-refractivity contribution >= 4 is 5.91 Å². The fourth-order valence-corrected chi connectivity index (χ4v) is 3.91. The van der Waals surface area contributed by atoms with Gasteiger partial charge in [0.1, 0.15) is 17.2 Å². The lowest BCUT2D eigenvalue weighted by Crippen LogP contribution is -2.17. The van der Waals surface area contributed by atoms with Gasteiger partial charge in [0, 0.05) is 11.8 Å². The lowest BCUT2D eigenvalue weighted by molar-refractivity contribution is 0.0988. The number of methoxy groups -OCH3 is 3. The summed E-state index contributed by atoms with van der Waals surface area (Å²) in [5.41, 5.74) is 7.91. The molecule has 0 atom stereocenters. The van der Waals surface area contributed by atoms with Gasteiger partial charge in [0.2, 0.25) is 5.82 Å². The number of carbonyl (C=O) groups is 1. The quantitative estimate of drug-likeness (QED) is 0.325. The van der Waals surface area contributed by atoms with E-state index in [0.29, 0.717) is 41.3 Å². The molecule has 4 N–H and O–H groups in total. The molecule has 0 radical (unpaired) electrons. The third-order valence-electron chi connectivity index (χ3n) is 5.78. The Kier molecular flexibility index (Phi) is 6.95. The summed E-state index contributed by atoms with van der Waals surface area (Å²) in [5.74, 6) is 0.878. The molecular formula is C26H26N4O6. The topological polar surface area (TPSA) is 142 Å². The van der Waals surface area contributed by atoms with Crippen LogP contribution in [0, 0.1) is 0 Å². The highest BCUT2D eigenvalue weighted by Crippen LogP contribution is 2.36. The number of rotatable bonds is 9. The largest absolute Gasteiger partial charge is 0.508 e. The van der Waals surface area contributed by atoms with Crippen LogP contribution in [0.3, 0.4) is 0 Å². The minimum atomic E-state index is -0.781. The highest BCUT2D eigenvalue weighted by molar-refractivity contribution is 5.91. The summed E-state index contributed by atoms with van der Waals surface area (Å²) in [4.78, 5) is 12.1. The third kappa shape index (κ3) is 4.74. The smallest absolute Gasteiger partial charge is 0.287 e. The Hall–Kier alpha value is -4.73. The first-order valence-corrected chi connectivity index (χ1v) is 11.0. The van der Waals surface area contributed by atoms with Crippen molar-refractivity contribution < 1.29 is 29.2 Å². The molecule has 0 fully saturated rings. The maximum absolute atomic E-state index is 12.1. The molecule has 0 saturated heterocycles. The molecule has 36 heavy (non-hydrogen) atoms. The number of hydrogen-bond donors (Lipinski definition) is 3. The Morgan fingerprint density at radius 2 is 1.58 bits per heavy atom. The summed E-state index contributed by atoms with van der Waals surface area (Å²) in [7, 11) is 4.69. The van der Waals surface area contributed by atoms with E-state index in [0.717, 1.165) is 5.56 Å². The number of nitrogens with two attached hydrogens (primary N) is 1. The number of phenolic OH excluding ortho intramolecular Hbond substituents is 2. The van der Waals surface area contributed by atoms with E-state index in [2.05, 4.69) is 10.2 Å². The van der Waals surface area contributed by atoms with Gasteiger partial charge < -0.3 is 30.2 Å². The molecule has 3 aromatic carbocycles. The van der Waals surface area contributed by atoms with Gasteiger partial charge in [0.05, 0.1) is 26.9 Å². The van der Waals surface area contributed by atoms with E-state index in [4.69, 9.17) is 19.9 Å². The van der Waals surface area contributed by atoms with E-state index in [1.54, 1.807) is 51.7 Å². The molecule has 1 heterocycles. The van der Waals surface area contributed by atoms with Gasteiger partial charge in [-0.1, -0.05) is 6.07 Å². The van der Waals surface area contributed by atoms with Gasteiger partial charge in [-0.05, 0) is 66.4 Å². The fraction of sp³-hybridized carbons (Fsp3) is 0.192. The Morgan fingerprint density at radius 1 is 0.861 bits per heavy atom. The van der Waals surface area contributed by atoms with Crippen LogP contribution in [-0.4, -0.2) is 52.2 Å². The second-order valence-electron chi connectivity index (χ2n) is 7.93. The first kappa shape index (κ1) is 24.4. The Morgan fingerprint density at radius 3 is 2.22 bits per heavy atom. The SMILES string of the molecule is COc1ccc(-n2c(C(N)=O)nnc2-c2cc(CCc3ccc(OC)c(OC)c3)c(O)cc2O)cc1. The third-order valence-corrected chi connectivity index (χ3v) is 5.78. The van der Waals surface area contributed by atoms with Gasteiger partial charge in [-0.2, -0.15) is 0 Å². The molecule has 10 heteroatoms. The number of benzene rings is 3. The molecule has 4 aromatic rings. The summed E-state index contributed by atoms with van der Waals surface area (Å²) < 4.78 is 17.3. The number of aromatic hydroxyl groups is 2. The summed E-state index contributed by atoms with van der Waals surface area (Å²) in [6, 6.07) is 15.3. The Labute approximate surface area is 207 Å². The van der Waals surface area contributed by atoms with Crippen LogP contribution in [-0.2, 0) is 12.8 Å². The zero-order valence-electron chi connectivity index (χ0n) is 20.1. The molecule has 1 aromatic heterocycles. The molecule has 0 spiro atoms. The summed E-state index contributed by atoms with van der Waals surface area (Å²) in [5, 5.41) is 29.3. The number of hydrogen-bond acceptors (Lipinski definition) is 8. The van der Waals surface area contributed by atoms with Crippen molar-refractivity contribution in [2.45, 2.75) is 12.8 Å². The molecule has 0 aliphatic carbocycles. The van der Waals surface area contributed by atoms with Crippen LogP contribution in [0.25, 0.3) is 17.1 Å². The minimum Gasteiger partial charge on any atom is -0.508 e. The number of carbonyl (C=O) groups excluding carboxylic acids is 1. The van der Waals surface area contributed by atoms with Crippen LogP contribution in [0.4, 0.5) is 0 Å². The van der Waals surface area contributed by atoms with Crippen molar-refractivity contribution in [1.29, 1.82) is 0 Å². The van der Waals surface area contributed by atoms with Crippen molar-refractivity contribution in [2.75, 3.05) is 21.3 Å². The molecule has 1 amide bonds. The Balaban J connectivity index is 1.72. The predicted octanol–water partition coefficient (Wildman–Crippen LogP) is 3.26. The number of primary amides is 1. The number of nitrogens with zero attached hydrogens (tertiary/aromatic N) is 3. The van der Waals surface area contributed by atoms with E-state index >= 15 is 0 Å². The molecule has 0 unspecified atom stereocenters. The number of aromatic nitrogens is 3. The van der Waals surface area contributed by atoms with E-state index in [9.17, 15) is 15.0 Å². The van der Waals surface area contributed by atoms with Crippen LogP contribution in [0.1, 0.15) is 21.7 Å². The van der Waals surface area contributed by atoms with Crippen molar-refractivity contribution in [3.8, 4) is 45.8 Å². The Bertz CT molecular complexity index is 1400. The predicted molar refractivity (Wildman–Crippen MR) is 132 cm³/mol. The highest BCUT2D eigenvalue weighted by Gasteiger charge is 2.23. The van der Waals surface area contributed by atoms with Crippen LogP contribution >= 0.6 is 0 Å². The normalized spacial score (nSPS) is 10.8. The lowest BCUT2D eigenvalue weighted by Gasteiger charge is -2.13. The van der Waals surface area contributed by atoms with Crippen LogP contribution < -0.4 is 19.9 Å². The molecule has 186 valence electrons. The molecule has 4 rings (SSSR count). The number of amides is 1. The number of aryl methyl sites for hydroxylation is 2. The standard InChI is InChI=1S/C26H26N4O6/c1-34-18-9-7-17(8-10-18)30-25(28-29-26(30)24(27)33)19-13-16(20(31)14-21(19)32)6-4-15-5-11-22(35-2)23(12-15)36-3/h5,7-14,31-32H,4,6H2,1-3H3,(H2,27,33). The molecule has 0 aliphatic heterocycles. The first-order valence-electron chi connectivity index (χ1n) is 11.0. The van der Waals surface area contributed by atoms with Crippen LogP contribution in [0.2, 0.25) is 0 Å². The van der Waals surface area contributed by atoms with Gasteiger partial charge in [0.25, 0.3) is 5.91 Å². The van der Waals surface area contributed by atoms with Gasteiger partial charge >= 0.3 is 0 Å². The molecule has 10 nitrogen and oxygen atoms in total. The molecule has 0 aliphatic rings. The summed E-state index contributed by atoms with van der Waals surface area (Å²) in [6.07, 6.45) is 1.03. The number of phenols is 2. The second kappa shape index (κ2) is 10.3. The first-order chi connectivity index (χ1) is 17.4. The van der Waals surface area contributed by atoms with Crippen LogP contribution in [0.15, 0.2) is 54.6 Å². The molecule has 0 bridgehead atoms. The minimum absolute atomic E-state index is 0.0673. The average molecular weight is 491 g/mol. The molecule has 0 saturated carbocycles. The van der Waals surface area contributed by atoms with E-state index in [1.165, 1.54) is 10.6 Å². The second-order valence-corrected chi connectivity index (χ2v) is 7.93. The van der Waals surface area contributed by atoms with Gasteiger partial charge in [-0.25, -0.2) is 0 Å². The zero-order chi connectivity index (χ0) is 25.8. The van der Waals surface area contributed by atoms with Gasteiger partial charge in [0.15, 0.2) is 17.3 Å². The van der Waals surface area contributed by atoms with Crippen molar-refractivity contribution in [3.63, 3.8) is 0 Å². The zero-order valence-corrected chi connectivity index (χ0v) is 20.1. The summed E-state index contributed by atoms with van der Waals surface area (Å²) in [6.45, 7) is 0. The van der Waals surface area contributed by atoms with E-state index in [-0.39, 0.29) is 28.7 Å². The van der Waals surface area contributed by atoms with Crippen molar-refractivity contribution in [1.82, 2.24) is 14.8 Å². The van der Waals surface area contributed by atoms with Crippen molar-refractivity contribution in [3.05, 3.63) is 71.5 Å². The van der Waals surface area contributed by atoms with Crippen LogP contribution in [0.5, 0.6) is 28.7 Å². The molecular weight excluding hydrogens is 464 g/mol. The fourth-order valence-electron chi connectivity index (χ4n) is 3.91. The maximum atomic E-state index is 12.1. The van der Waals surface area contributed by atoms with Gasteiger partial charge in [-0.15, -0.1) is 10.2 Å². The summed E-state index contributed by atoms with van der Waals surface area (Å²) >= 11 is 0. The average Bonchev–Trinajstić information content (AvgIpc) is 3.33. The van der Waals surface area contributed by atoms with E-state index in [1.807, 2.05) is 18.2 Å². The number of ether oxygens (including phenoxy) is 3. The van der Waals surface area contributed by atoms with Gasteiger partial charge in [-0.3, -0.25) is 9.36 Å². The monoisotopic (exact) mass is 490 g/mol. The van der Waals surface area contributed by atoms with E-state index < -0.39 is 5.91 Å². The maximum Gasteiger partial charge on any atom is 0.287 e.